The van der Waals surface area contributed by atoms with Crippen LogP contribution in [0.1, 0.15) is 32.3 Å². The smallest absolute Gasteiger partial charge is 0.193 e. The van der Waals surface area contributed by atoms with E-state index in [9.17, 15) is 0 Å². The van der Waals surface area contributed by atoms with Crippen LogP contribution in [0, 0.1) is 5.92 Å². The maximum atomic E-state index is 5.78. The Morgan fingerprint density at radius 3 is 2.61 bits per heavy atom. The van der Waals surface area contributed by atoms with Crippen LogP contribution in [0.5, 0.6) is 0 Å². The van der Waals surface area contributed by atoms with Gasteiger partial charge in [-0.25, -0.2) is 0 Å². The molecule has 1 N–H and O–H groups in total. The highest BCUT2D eigenvalue weighted by molar-refractivity contribution is 14.0. The third-order valence-corrected chi connectivity index (χ3v) is 3.54. The van der Waals surface area contributed by atoms with Gasteiger partial charge < -0.3 is 15.0 Å². The van der Waals surface area contributed by atoms with Crippen LogP contribution in [0.2, 0.25) is 0 Å². The summed E-state index contributed by atoms with van der Waals surface area (Å²) in [6, 6.07) is 10.3. The van der Waals surface area contributed by atoms with Gasteiger partial charge in [0.1, 0.15) is 0 Å². The molecular weight excluding hydrogens is 401 g/mol. The normalized spacial score (nSPS) is 12.4. The number of hydrogen-bond acceptors (Lipinski definition) is 2. The molecule has 1 atom stereocenters. The predicted molar refractivity (Wildman–Crippen MR) is 110 cm³/mol. The number of benzene rings is 1. The average molecular weight is 433 g/mol. The first-order valence-corrected chi connectivity index (χ1v) is 8.20. The molecule has 1 unspecified atom stereocenters. The predicted octanol–water partition coefficient (Wildman–Crippen LogP) is 3.76. The fourth-order valence-corrected chi connectivity index (χ4v) is 2.16. The lowest BCUT2D eigenvalue weighted by atomic mass is 10.2. The highest BCUT2D eigenvalue weighted by Crippen LogP contribution is 2.03. The van der Waals surface area contributed by atoms with E-state index in [-0.39, 0.29) is 24.0 Å². The molecule has 0 fully saturated rings. The number of nitrogens with one attached hydrogen (secondary N) is 1. The first-order chi connectivity index (χ1) is 10.7. The maximum absolute atomic E-state index is 5.78. The lowest BCUT2D eigenvalue weighted by Crippen LogP contribution is -2.41. The molecule has 1 rings (SSSR count). The zero-order chi connectivity index (χ0) is 16.2. The first-order valence-electron chi connectivity index (χ1n) is 8.20. The van der Waals surface area contributed by atoms with E-state index in [2.05, 4.69) is 48.2 Å². The third kappa shape index (κ3) is 9.81. The van der Waals surface area contributed by atoms with Gasteiger partial charge in [0.25, 0.3) is 0 Å². The van der Waals surface area contributed by atoms with Crippen LogP contribution in [0.25, 0.3) is 0 Å². The van der Waals surface area contributed by atoms with Gasteiger partial charge in [-0.15, -0.1) is 24.0 Å². The molecule has 0 aliphatic rings. The van der Waals surface area contributed by atoms with Crippen molar-refractivity contribution in [3.05, 3.63) is 35.9 Å². The van der Waals surface area contributed by atoms with Crippen molar-refractivity contribution in [1.82, 2.24) is 10.2 Å². The Morgan fingerprint density at radius 1 is 1.30 bits per heavy atom. The fourth-order valence-electron chi connectivity index (χ4n) is 2.16. The topological polar surface area (TPSA) is 36.9 Å². The monoisotopic (exact) mass is 433 g/mol. The molecule has 23 heavy (non-hydrogen) atoms. The van der Waals surface area contributed by atoms with Crippen molar-refractivity contribution in [3.63, 3.8) is 0 Å². The second-order valence-corrected chi connectivity index (χ2v) is 5.81. The summed E-state index contributed by atoms with van der Waals surface area (Å²) in [5.41, 5.74) is 1.22. The number of unbranched alkanes of at least 4 members (excludes halogenated alkanes) is 1. The zero-order valence-electron chi connectivity index (χ0n) is 14.9. The summed E-state index contributed by atoms with van der Waals surface area (Å²) >= 11 is 0. The van der Waals surface area contributed by atoms with Crippen molar-refractivity contribution < 1.29 is 4.74 Å². The molecule has 1 aromatic carbocycles. The molecule has 4 nitrogen and oxygen atoms in total. The van der Waals surface area contributed by atoms with Crippen molar-refractivity contribution in [1.29, 1.82) is 0 Å². The standard InChI is InChI=1S/C18H31N3O.HI/c1-5-6-12-21(4)18(19-3)20-13-16(2)14-22-15-17-10-8-7-9-11-17;/h7-11,16H,5-6,12-15H2,1-4H3,(H,19,20);1H. The maximum Gasteiger partial charge on any atom is 0.193 e. The van der Waals surface area contributed by atoms with E-state index in [1.807, 2.05) is 25.2 Å². The molecule has 132 valence electrons. The molecule has 0 radical (unpaired) electrons. The Bertz CT molecular complexity index is 426. The van der Waals surface area contributed by atoms with Crippen LogP contribution in [-0.2, 0) is 11.3 Å². The van der Waals surface area contributed by atoms with Crippen LogP contribution in [0.15, 0.2) is 35.3 Å². The average Bonchev–Trinajstić information content (AvgIpc) is 2.54. The van der Waals surface area contributed by atoms with Gasteiger partial charge in [-0.1, -0.05) is 50.6 Å². The molecular formula is C18H32IN3O. The number of ether oxygens (including phenoxy) is 1. The van der Waals surface area contributed by atoms with Gasteiger partial charge >= 0.3 is 0 Å². The Kier molecular flexibility index (Phi) is 13.1. The van der Waals surface area contributed by atoms with Crippen LogP contribution in [0.3, 0.4) is 0 Å². The van der Waals surface area contributed by atoms with Crippen LogP contribution < -0.4 is 5.32 Å². The SMILES string of the molecule is CCCCN(C)C(=NC)NCC(C)COCc1ccccc1.I. The first kappa shape index (κ1) is 22.2. The molecule has 0 aliphatic heterocycles. The zero-order valence-corrected chi connectivity index (χ0v) is 17.2. The second kappa shape index (κ2) is 13.6. The van der Waals surface area contributed by atoms with Gasteiger partial charge in [0.15, 0.2) is 5.96 Å². The number of rotatable bonds is 9. The minimum Gasteiger partial charge on any atom is -0.376 e. The minimum atomic E-state index is 0. The largest absolute Gasteiger partial charge is 0.376 e. The Morgan fingerprint density at radius 2 is 2.00 bits per heavy atom. The van der Waals surface area contributed by atoms with Crippen molar-refractivity contribution in [2.45, 2.75) is 33.3 Å². The van der Waals surface area contributed by atoms with E-state index in [4.69, 9.17) is 4.74 Å². The number of halogens is 1. The van der Waals surface area contributed by atoms with E-state index in [1.165, 1.54) is 18.4 Å². The Labute approximate surface area is 158 Å². The highest BCUT2D eigenvalue weighted by atomic mass is 127. The van der Waals surface area contributed by atoms with Crippen molar-refractivity contribution in [2.75, 3.05) is 33.8 Å². The molecule has 0 aromatic heterocycles. The number of guanidine groups is 1. The third-order valence-electron chi connectivity index (χ3n) is 3.54. The number of nitrogens with zero attached hydrogens (tertiary/aromatic N) is 2. The summed E-state index contributed by atoms with van der Waals surface area (Å²) in [6.07, 6.45) is 2.39. The van der Waals surface area contributed by atoms with Gasteiger partial charge in [0.05, 0.1) is 13.2 Å². The summed E-state index contributed by atoms with van der Waals surface area (Å²) in [5, 5.41) is 3.42. The van der Waals surface area contributed by atoms with E-state index < -0.39 is 0 Å². The van der Waals surface area contributed by atoms with Gasteiger partial charge in [-0.3, -0.25) is 4.99 Å². The molecule has 0 spiro atoms. The molecule has 0 heterocycles. The van der Waals surface area contributed by atoms with E-state index >= 15 is 0 Å². The Balaban J connectivity index is 0.00000484. The van der Waals surface area contributed by atoms with E-state index in [0.29, 0.717) is 12.5 Å². The van der Waals surface area contributed by atoms with E-state index in [1.54, 1.807) is 0 Å². The van der Waals surface area contributed by atoms with Crippen LogP contribution in [0.4, 0.5) is 0 Å². The van der Waals surface area contributed by atoms with Gasteiger partial charge in [0.2, 0.25) is 0 Å². The molecule has 0 bridgehead atoms. The molecule has 0 saturated carbocycles. The molecule has 5 heteroatoms. The number of hydrogen-bond donors (Lipinski definition) is 1. The van der Waals surface area contributed by atoms with Gasteiger partial charge in [-0.2, -0.15) is 0 Å². The summed E-state index contributed by atoms with van der Waals surface area (Å²) in [7, 11) is 3.92. The van der Waals surface area contributed by atoms with Crippen molar-refractivity contribution in [2.24, 2.45) is 10.9 Å². The summed E-state index contributed by atoms with van der Waals surface area (Å²) < 4.78 is 5.78. The highest BCUT2D eigenvalue weighted by Gasteiger charge is 2.08. The molecule has 0 aliphatic carbocycles. The fraction of sp³-hybridized carbons (Fsp3) is 0.611. The van der Waals surface area contributed by atoms with Gasteiger partial charge in [-0.05, 0) is 17.9 Å². The molecule has 0 amide bonds. The van der Waals surface area contributed by atoms with Gasteiger partial charge in [0, 0.05) is 27.2 Å². The lowest BCUT2D eigenvalue weighted by molar-refractivity contribution is 0.0929. The molecule has 1 aromatic rings. The second-order valence-electron chi connectivity index (χ2n) is 5.81. The van der Waals surface area contributed by atoms with Crippen molar-refractivity contribution in [3.8, 4) is 0 Å². The quantitative estimate of drug-likeness (QED) is 0.366. The van der Waals surface area contributed by atoms with E-state index in [0.717, 1.165) is 25.7 Å². The van der Waals surface area contributed by atoms with Crippen LogP contribution >= 0.6 is 24.0 Å². The van der Waals surface area contributed by atoms with Crippen LogP contribution in [-0.4, -0.2) is 44.7 Å². The van der Waals surface area contributed by atoms with Crippen molar-refractivity contribution >= 4 is 29.9 Å². The number of aliphatic imine (C=N–C) groups is 1. The summed E-state index contributed by atoms with van der Waals surface area (Å²) in [5.74, 6) is 1.41. The summed E-state index contributed by atoms with van der Waals surface area (Å²) in [6.45, 7) is 7.73. The summed E-state index contributed by atoms with van der Waals surface area (Å²) in [4.78, 5) is 6.51. The minimum absolute atomic E-state index is 0. The Hall–Kier alpha value is -0.820. The molecule has 0 saturated heterocycles. The lowest BCUT2D eigenvalue weighted by Gasteiger charge is -2.23.